The fourth-order valence-corrected chi connectivity index (χ4v) is 5.86. The maximum absolute atomic E-state index is 5.56. The van der Waals surface area contributed by atoms with Crippen molar-refractivity contribution in [2.75, 3.05) is 5.32 Å². The number of nitrogens with zero attached hydrogens (tertiary/aromatic N) is 2. The summed E-state index contributed by atoms with van der Waals surface area (Å²) in [6, 6.07) is 44.6. The van der Waals surface area contributed by atoms with E-state index in [1.165, 1.54) is 16.7 Å². The van der Waals surface area contributed by atoms with E-state index in [1.807, 2.05) is 48.6 Å². The zero-order valence-corrected chi connectivity index (χ0v) is 24.3. The SMILES string of the molecule is N/C=C\C=C/C1Cc2ccccc2-c2cc(-c3cccc(C4N=C(c5ccccc5)NC(c5ccccc5)=N4)c3)ccc2N1. The molecule has 4 N–H and O–H groups in total. The minimum Gasteiger partial charge on any atom is -0.405 e. The zero-order chi connectivity index (χ0) is 29.7. The number of aliphatic imine (C=N–C) groups is 2. The first-order valence-electron chi connectivity index (χ1n) is 14.9. The molecule has 0 amide bonds. The van der Waals surface area contributed by atoms with Crippen molar-refractivity contribution in [3.63, 3.8) is 0 Å². The predicted molar refractivity (Wildman–Crippen MR) is 183 cm³/mol. The molecule has 5 aromatic carbocycles. The Morgan fingerprint density at radius 1 is 0.614 bits per heavy atom. The molecular weight excluding hydrogens is 538 g/mol. The molecule has 2 aliphatic rings. The number of amidine groups is 2. The Balaban J connectivity index is 1.27. The van der Waals surface area contributed by atoms with Crippen LogP contribution in [0.15, 0.2) is 162 Å². The van der Waals surface area contributed by atoms with Crippen molar-refractivity contribution in [2.45, 2.75) is 18.6 Å². The molecule has 214 valence electrons. The number of anilines is 1. The number of benzene rings is 5. The molecule has 0 radical (unpaired) electrons. The molecule has 0 fully saturated rings. The second kappa shape index (κ2) is 12.3. The lowest BCUT2D eigenvalue weighted by Gasteiger charge is -2.22. The highest BCUT2D eigenvalue weighted by molar-refractivity contribution is 6.15. The summed E-state index contributed by atoms with van der Waals surface area (Å²) in [5.74, 6) is 1.63. The van der Waals surface area contributed by atoms with Crippen molar-refractivity contribution in [3.8, 4) is 22.3 Å². The Hall–Kier alpha value is -5.68. The van der Waals surface area contributed by atoms with Gasteiger partial charge in [-0.1, -0.05) is 121 Å². The molecule has 44 heavy (non-hydrogen) atoms. The minimum absolute atomic E-state index is 0.163. The lowest BCUT2D eigenvalue weighted by atomic mass is 9.93. The first-order chi connectivity index (χ1) is 21.7. The van der Waals surface area contributed by atoms with Crippen LogP contribution in [0, 0.1) is 0 Å². The average Bonchev–Trinajstić information content (AvgIpc) is 3.25. The summed E-state index contributed by atoms with van der Waals surface area (Å²) in [5, 5.41) is 7.22. The normalized spacial score (nSPS) is 16.3. The predicted octanol–water partition coefficient (Wildman–Crippen LogP) is 7.88. The quantitative estimate of drug-likeness (QED) is 0.182. The summed E-state index contributed by atoms with van der Waals surface area (Å²) in [6.45, 7) is 0. The third-order valence-electron chi connectivity index (χ3n) is 8.03. The molecule has 0 bridgehead atoms. The summed E-state index contributed by atoms with van der Waals surface area (Å²) < 4.78 is 0. The van der Waals surface area contributed by atoms with Gasteiger partial charge in [0.1, 0.15) is 11.7 Å². The number of allylic oxidation sites excluding steroid dienone is 2. The summed E-state index contributed by atoms with van der Waals surface area (Å²) in [4.78, 5) is 10.1. The second-order valence-electron chi connectivity index (χ2n) is 11.0. The Labute approximate surface area is 258 Å². The highest BCUT2D eigenvalue weighted by Gasteiger charge is 2.22. The zero-order valence-electron chi connectivity index (χ0n) is 24.3. The van der Waals surface area contributed by atoms with Gasteiger partial charge in [0, 0.05) is 28.4 Å². The fraction of sp³-hybridized carbons (Fsp3) is 0.0769. The summed E-state index contributed by atoms with van der Waals surface area (Å²) in [7, 11) is 0. The van der Waals surface area contributed by atoms with E-state index in [0.29, 0.717) is 0 Å². The van der Waals surface area contributed by atoms with E-state index >= 15 is 0 Å². The van der Waals surface area contributed by atoms with Crippen LogP contribution >= 0.6 is 0 Å². The molecule has 0 aliphatic carbocycles. The van der Waals surface area contributed by atoms with E-state index in [4.69, 9.17) is 15.7 Å². The fourth-order valence-electron chi connectivity index (χ4n) is 5.86. The van der Waals surface area contributed by atoms with Gasteiger partial charge >= 0.3 is 0 Å². The highest BCUT2D eigenvalue weighted by Crippen LogP contribution is 2.38. The molecule has 0 spiro atoms. The second-order valence-corrected chi connectivity index (χ2v) is 11.0. The van der Waals surface area contributed by atoms with Gasteiger partial charge in [0.15, 0.2) is 6.17 Å². The number of hydrogen-bond acceptors (Lipinski definition) is 5. The first-order valence-corrected chi connectivity index (χ1v) is 14.9. The summed E-state index contributed by atoms with van der Waals surface area (Å²) in [6.07, 6.45) is 8.10. The number of nitrogens with two attached hydrogens (primary N) is 1. The van der Waals surface area contributed by atoms with E-state index in [1.54, 1.807) is 6.20 Å². The van der Waals surface area contributed by atoms with E-state index in [9.17, 15) is 0 Å². The van der Waals surface area contributed by atoms with Crippen molar-refractivity contribution < 1.29 is 0 Å². The van der Waals surface area contributed by atoms with Gasteiger partial charge in [0.2, 0.25) is 0 Å². The van der Waals surface area contributed by atoms with Gasteiger partial charge in [-0.3, -0.25) is 0 Å². The molecule has 5 heteroatoms. The Morgan fingerprint density at radius 2 is 1.27 bits per heavy atom. The molecule has 2 heterocycles. The maximum Gasteiger partial charge on any atom is 0.169 e. The molecule has 5 aromatic rings. The lowest BCUT2D eigenvalue weighted by Crippen LogP contribution is -2.35. The van der Waals surface area contributed by atoms with Crippen LogP contribution in [0.4, 0.5) is 5.69 Å². The van der Waals surface area contributed by atoms with Crippen LogP contribution in [0.25, 0.3) is 22.3 Å². The standard InChI is InChI=1S/C39H33N5/c40-23-10-9-19-33-25-31-16-7-8-20-34(31)35-26-30(21-22-36(35)41-33)29-17-11-18-32(24-29)39-43-37(27-12-3-1-4-13-27)42-38(44-39)28-14-5-2-6-15-28/h1-24,26,33,39,41H,25,40H2,(H,42,43,44)/b19-9-,23-10-. The highest BCUT2D eigenvalue weighted by atomic mass is 15.2. The maximum atomic E-state index is 5.56. The van der Waals surface area contributed by atoms with Crippen molar-refractivity contribution >= 4 is 17.4 Å². The largest absolute Gasteiger partial charge is 0.405 e. The van der Waals surface area contributed by atoms with Crippen LogP contribution in [0.2, 0.25) is 0 Å². The molecule has 1 unspecified atom stereocenters. The first kappa shape index (κ1) is 27.2. The van der Waals surface area contributed by atoms with Gasteiger partial charge < -0.3 is 16.4 Å². The molecule has 0 aromatic heterocycles. The van der Waals surface area contributed by atoms with E-state index in [-0.39, 0.29) is 12.2 Å². The van der Waals surface area contributed by atoms with Crippen LogP contribution < -0.4 is 16.4 Å². The Kier molecular flexibility index (Phi) is 7.58. The van der Waals surface area contributed by atoms with Crippen LogP contribution in [0.5, 0.6) is 0 Å². The third-order valence-corrected chi connectivity index (χ3v) is 8.03. The van der Waals surface area contributed by atoms with Gasteiger partial charge in [-0.2, -0.15) is 0 Å². The van der Waals surface area contributed by atoms with Crippen molar-refractivity contribution in [3.05, 3.63) is 174 Å². The van der Waals surface area contributed by atoms with Gasteiger partial charge in [0.05, 0.1) is 0 Å². The molecule has 2 aliphatic heterocycles. The number of nitrogens with one attached hydrogen (secondary N) is 2. The van der Waals surface area contributed by atoms with Crippen molar-refractivity contribution in [1.82, 2.24) is 5.32 Å². The minimum atomic E-state index is -0.375. The van der Waals surface area contributed by atoms with E-state index in [2.05, 4.69) is 108 Å². The smallest absolute Gasteiger partial charge is 0.169 e. The van der Waals surface area contributed by atoms with E-state index in [0.717, 1.165) is 51.6 Å². The van der Waals surface area contributed by atoms with Crippen LogP contribution in [0.1, 0.15) is 28.4 Å². The Bertz CT molecular complexity index is 1850. The van der Waals surface area contributed by atoms with Gasteiger partial charge in [-0.05, 0) is 64.7 Å². The Morgan fingerprint density at radius 3 is 2.00 bits per heavy atom. The summed E-state index contributed by atoms with van der Waals surface area (Å²) >= 11 is 0. The molecular formula is C39H33N5. The monoisotopic (exact) mass is 571 g/mol. The van der Waals surface area contributed by atoms with Gasteiger partial charge in [-0.25, -0.2) is 9.98 Å². The van der Waals surface area contributed by atoms with Crippen LogP contribution in [-0.2, 0) is 6.42 Å². The topological polar surface area (TPSA) is 74.8 Å². The molecule has 1 atom stereocenters. The molecule has 5 nitrogen and oxygen atoms in total. The number of fused-ring (bicyclic) bond motifs is 3. The average molecular weight is 572 g/mol. The van der Waals surface area contributed by atoms with Crippen molar-refractivity contribution in [1.29, 1.82) is 0 Å². The van der Waals surface area contributed by atoms with Gasteiger partial charge in [-0.15, -0.1) is 0 Å². The number of rotatable bonds is 6. The van der Waals surface area contributed by atoms with Crippen LogP contribution in [0.3, 0.4) is 0 Å². The molecule has 7 rings (SSSR count). The number of hydrogen-bond donors (Lipinski definition) is 3. The van der Waals surface area contributed by atoms with Gasteiger partial charge in [0.25, 0.3) is 0 Å². The summed E-state index contributed by atoms with van der Waals surface area (Å²) in [5.41, 5.74) is 15.8. The van der Waals surface area contributed by atoms with E-state index < -0.39 is 0 Å². The third kappa shape index (κ3) is 5.68. The molecule has 0 saturated carbocycles. The molecule has 0 saturated heterocycles. The van der Waals surface area contributed by atoms with Crippen molar-refractivity contribution in [2.24, 2.45) is 15.7 Å². The lowest BCUT2D eigenvalue weighted by molar-refractivity contribution is 0.756. The van der Waals surface area contributed by atoms with Crippen LogP contribution in [-0.4, -0.2) is 17.7 Å².